The summed E-state index contributed by atoms with van der Waals surface area (Å²) in [6.45, 7) is 4.94. The van der Waals surface area contributed by atoms with Gasteiger partial charge in [0, 0.05) is 11.6 Å². The number of nitrogens with one attached hydrogen (secondary N) is 1. The minimum Gasteiger partial charge on any atom is -0.465 e. The van der Waals surface area contributed by atoms with Crippen LogP contribution in [0.3, 0.4) is 0 Å². The Bertz CT molecular complexity index is 459. The molecular weight excluding hydrogens is 270 g/mol. The van der Waals surface area contributed by atoms with E-state index < -0.39 is 17.8 Å². The summed E-state index contributed by atoms with van der Waals surface area (Å²) in [4.78, 5) is 34.0. The number of ether oxygens (including phenoxy) is 1. The lowest BCUT2D eigenvalue weighted by Gasteiger charge is -2.30. The van der Waals surface area contributed by atoms with Crippen LogP contribution in [0, 0.1) is 17.8 Å². The first-order valence-electron chi connectivity index (χ1n) is 7.67. The largest absolute Gasteiger partial charge is 0.465 e. The Morgan fingerprint density at radius 3 is 2.48 bits per heavy atom. The van der Waals surface area contributed by atoms with Crippen LogP contribution in [0.15, 0.2) is 11.6 Å². The second kappa shape index (κ2) is 6.87. The summed E-state index contributed by atoms with van der Waals surface area (Å²) in [6.07, 6.45) is 5.62. The molecule has 1 saturated carbocycles. The molecule has 2 rings (SSSR count). The summed E-state index contributed by atoms with van der Waals surface area (Å²) in [5.41, 5.74) is 0.188. The van der Waals surface area contributed by atoms with E-state index in [1.165, 1.54) is 12.8 Å². The van der Waals surface area contributed by atoms with Gasteiger partial charge >= 0.3 is 5.97 Å². The van der Waals surface area contributed by atoms with E-state index in [4.69, 9.17) is 4.74 Å². The van der Waals surface area contributed by atoms with E-state index in [1.807, 2.05) is 0 Å². The highest BCUT2D eigenvalue weighted by Crippen LogP contribution is 2.33. The Morgan fingerprint density at radius 1 is 1.29 bits per heavy atom. The minimum absolute atomic E-state index is 0.126. The first kappa shape index (κ1) is 15.7. The second-order valence-corrected chi connectivity index (χ2v) is 6.37. The van der Waals surface area contributed by atoms with Crippen molar-refractivity contribution in [1.29, 1.82) is 0 Å². The monoisotopic (exact) mass is 293 g/mol. The quantitative estimate of drug-likeness (QED) is 0.621. The molecule has 0 unspecified atom stereocenters. The van der Waals surface area contributed by atoms with Crippen LogP contribution in [-0.2, 0) is 19.1 Å². The molecule has 1 aliphatic carbocycles. The zero-order valence-corrected chi connectivity index (χ0v) is 12.7. The van der Waals surface area contributed by atoms with Gasteiger partial charge in [0.2, 0.25) is 0 Å². The molecule has 2 amide bonds. The third kappa shape index (κ3) is 4.41. The molecule has 21 heavy (non-hydrogen) atoms. The predicted molar refractivity (Wildman–Crippen MR) is 77.1 cm³/mol. The van der Waals surface area contributed by atoms with Crippen molar-refractivity contribution in [3.8, 4) is 0 Å². The highest BCUT2D eigenvalue weighted by Gasteiger charge is 2.26. The van der Waals surface area contributed by atoms with Crippen LogP contribution in [-0.4, -0.2) is 24.4 Å². The highest BCUT2D eigenvalue weighted by molar-refractivity contribution is 6.17. The molecule has 0 spiro atoms. The average molecular weight is 293 g/mol. The van der Waals surface area contributed by atoms with Gasteiger partial charge in [0.25, 0.3) is 11.8 Å². The van der Waals surface area contributed by atoms with Crippen LogP contribution < -0.4 is 5.32 Å². The third-order valence-corrected chi connectivity index (χ3v) is 4.48. The Kier molecular flexibility index (Phi) is 5.15. The van der Waals surface area contributed by atoms with Crippen molar-refractivity contribution in [2.75, 3.05) is 6.61 Å². The van der Waals surface area contributed by atoms with E-state index in [2.05, 4.69) is 19.2 Å². The summed E-state index contributed by atoms with van der Waals surface area (Å²) < 4.78 is 5.25. The number of carbonyl (C=O) groups excluding carboxylic acids is 3. The lowest BCUT2D eigenvalue weighted by Crippen LogP contribution is -2.24. The maximum Gasteiger partial charge on any atom is 0.310 e. The smallest absolute Gasteiger partial charge is 0.310 e. The molecule has 0 bridgehead atoms. The molecule has 2 aliphatic rings. The van der Waals surface area contributed by atoms with Crippen molar-refractivity contribution >= 4 is 17.8 Å². The van der Waals surface area contributed by atoms with E-state index in [0.717, 1.165) is 30.8 Å². The van der Waals surface area contributed by atoms with Gasteiger partial charge in [-0.15, -0.1) is 0 Å². The highest BCUT2D eigenvalue weighted by atomic mass is 16.5. The maximum absolute atomic E-state index is 11.7. The molecule has 116 valence electrons. The third-order valence-electron chi connectivity index (χ3n) is 4.48. The number of amides is 2. The molecule has 1 N–H and O–H groups in total. The lowest BCUT2D eigenvalue weighted by molar-refractivity contribution is -0.145. The molecule has 1 fully saturated rings. The summed E-state index contributed by atoms with van der Waals surface area (Å²) >= 11 is 0. The molecule has 1 aliphatic heterocycles. The predicted octanol–water partition coefficient (Wildman–Crippen LogP) is 1.96. The Labute approximate surface area is 125 Å². The van der Waals surface area contributed by atoms with Crippen molar-refractivity contribution < 1.29 is 19.1 Å². The summed E-state index contributed by atoms with van der Waals surface area (Å²) in [5, 5.41) is 2.11. The molecule has 1 heterocycles. The molecule has 0 atom stereocenters. The fraction of sp³-hybridized carbons (Fsp3) is 0.688. The Balaban J connectivity index is 1.69. The molecule has 0 aromatic carbocycles. The molecule has 0 aromatic rings. The van der Waals surface area contributed by atoms with Gasteiger partial charge < -0.3 is 4.74 Å². The first-order valence-corrected chi connectivity index (χ1v) is 7.67. The van der Waals surface area contributed by atoms with Crippen molar-refractivity contribution in [1.82, 2.24) is 5.32 Å². The van der Waals surface area contributed by atoms with Crippen LogP contribution in [0.1, 0.15) is 46.0 Å². The van der Waals surface area contributed by atoms with Gasteiger partial charge in [-0.25, -0.2) is 0 Å². The summed E-state index contributed by atoms with van der Waals surface area (Å²) in [5.74, 6) is 0.549. The molecule has 0 aromatic heterocycles. The Morgan fingerprint density at radius 2 is 1.95 bits per heavy atom. The molecule has 0 saturated heterocycles. The van der Waals surface area contributed by atoms with Crippen molar-refractivity contribution in [3.05, 3.63) is 11.6 Å². The average Bonchev–Trinajstić information content (AvgIpc) is 2.75. The lowest BCUT2D eigenvalue weighted by atomic mass is 9.77. The van der Waals surface area contributed by atoms with E-state index in [1.54, 1.807) is 0 Å². The normalized spacial score (nSPS) is 25.8. The second-order valence-electron chi connectivity index (χ2n) is 6.37. The van der Waals surface area contributed by atoms with E-state index in [0.29, 0.717) is 12.5 Å². The molecular formula is C16H23NO4. The van der Waals surface area contributed by atoms with Crippen LogP contribution in [0.4, 0.5) is 0 Å². The molecule has 5 heteroatoms. The van der Waals surface area contributed by atoms with Gasteiger partial charge in [-0.2, -0.15) is 0 Å². The number of hydrogen-bond donors (Lipinski definition) is 1. The van der Waals surface area contributed by atoms with Gasteiger partial charge in [0.15, 0.2) is 0 Å². The fourth-order valence-electron chi connectivity index (χ4n) is 3.02. The molecule has 0 radical (unpaired) electrons. The SMILES string of the molecule is CC(C)C1CCC(COC(=O)CC2=CC(=O)NC2=O)CC1. The van der Waals surface area contributed by atoms with Gasteiger partial charge in [-0.3, -0.25) is 19.7 Å². The van der Waals surface area contributed by atoms with Gasteiger partial charge in [0.1, 0.15) is 0 Å². The molecule has 5 nitrogen and oxygen atoms in total. The van der Waals surface area contributed by atoms with Gasteiger partial charge in [-0.05, 0) is 43.4 Å². The van der Waals surface area contributed by atoms with Crippen molar-refractivity contribution in [2.45, 2.75) is 46.0 Å². The van der Waals surface area contributed by atoms with E-state index in [-0.39, 0.29) is 12.0 Å². The summed E-state index contributed by atoms with van der Waals surface area (Å²) in [6, 6.07) is 0. The van der Waals surface area contributed by atoms with Crippen LogP contribution >= 0.6 is 0 Å². The zero-order chi connectivity index (χ0) is 15.4. The standard InChI is InChI=1S/C16H23NO4/c1-10(2)12-5-3-11(4-6-12)9-21-15(19)8-13-7-14(18)17-16(13)20/h7,10-12H,3-6,8-9H2,1-2H3,(H,17,18,20). The van der Waals surface area contributed by atoms with Gasteiger partial charge in [0.05, 0.1) is 13.0 Å². The number of imide groups is 1. The van der Waals surface area contributed by atoms with E-state index >= 15 is 0 Å². The van der Waals surface area contributed by atoms with Crippen molar-refractivity contribution in [2.24, 2.45) is 17.8 Å². The number of hydrogen-bond acceptors (Lipinski definition) is 4. The Hall–Kier alpha value is -1.65. The van der Waals surface area contributed by atoms with Crippen LogP contribution in [0.2, 0.25) is 0 Å². The number of rotatable bonds is 5. The topological polar surface area (TPSA) is 72.5 Å². The first-order chi connectivity index (χ1) is 9.95. The van der Waals surface area contributed by atoms with E-state index in [9.17, 15) is 14.4 Å². The number of esters is 1. The van der Waals surface area contributed by atoms with Gasteiger partial charge in [-0.1, -0.05) is 13.8 Å². The minimum atomic E-state index is -0.491. The fourth-order valence-corrected chi connectivity index (χ4v) is 3.02. The van der Waals surface area contributed by atoms with Crippen molar-refractivity contribution in [3.63, 3.8) is 0 Å². The number of carbonyl (C=O) groups is 3. The van der Waals surface area contributed by atoms with Crippen LogP contribution in [0.25, 0.3) is 0 Å². The van der Waals surface area contributed by atoms with Crippen LogP contribution in [0.5, 0.6) is 0 Å². The summed E-state index contributed by atoms with van der Waals surface area (Å²) in [7, 11) is 0. The maximum atomic E-state index is 11.7. The zero-order valence-electron chi connectivity index (χ0n) is 12.7.